The summed E-state index contributed by atoms with van der Waals surface area (Å²) in [6.45, 7) is 0. The van der Waals surface area contributed by atoms with E-state index in [9.17, 15) is 10.1 Å². The van der Waals surface area contributed by atoms with Gasteiger partial charge in [-0.1, -0.05) is 5.46 Å². The summed E-state index contributed by atoms with van der Waals surface area (Å²) in [5.41, 5.74) is 5.42. The summed E-state index contributed by atoms with van der Waals surface area (Å²) in [7, 11) is 1.64. The average Bonchev–Trinajstić information content (AvgIpc) is 1.96. The molecule has 0 aliphatic carbocycles. The number of phenolic OH excluding ortho intramolecular Hbond substituents is 1. The molecule has 0 saturated carbocycles. The van der Waals surface area contributed by atoms with E-state index >= 15 is 0 Å². The van der Waals surface area contributed by atoms with Gasteiger partial charge >= 0.3 is 0 Å². The van der Waals surface area contributed by atoms with Crippen molar-refractivity contribution in [2.24, 2.45) is 0 Å². The van der Waals surface area contributed by atoms with Crippen molar-refractivity contribution in [3.8, 4) is 5.75 Å². The van der Waals surface area contributed by atoms with Gasteiger partial charge in [-0.3, -0.25) is 10.1 Å². The van der Waals surface area contributed by atoms with Crippen LogP contribution in [0, 0.1) is 10.1 Å². The van der Waals surface area contributed by atoms with Crippen LogP contribution in [0.1, 0.15) is 0 Å². The fraction of sp³-hybridized carbons (Fsp3) is 0. The van der Waals surface area contributed by atoms with Gasteiger partial charge in [0.1, 0.15) is 13.6 Å². The first-order valence-corrected chi connectivity index (χ1v) is 3.26. The molecular weight excluding hydrogens is 159 g/mol. The molecule has 0 bridgehead atoms. The molecule has 3 N–H and O–H groups in total. The molecule has 0 fully saturated rings. The van der Waals surface area contributed by atoms with Crippen LogP contribution in [0.3, 0.4) is 0 Å². The van der Waals surface area contributed by atoms with E-state index in [2.05, 4.69) is 0 Å². The van der Waals surface area contributed by atoms with E-state index in [1.807, 2.05) is 0 Å². The zero-order valence-electron chi connectivity index (χ0n) is 6.44. The van der Waals surface area contributed by atoms with Crippen molar-refractivity contribution in [1.82, 2.24) is 0 Å². The first-order chi connectivity index (χ1) is 5.52. The van der Waals surface area contributed by atoms with Crippen molar-refractivity contribution < 1.29 is 10.0 Å². The summed E-state index contributed by atoms with van der Waals surface area (Å²) < 4.78 is 0. The number of rotatable bonds is 1. The third-order valence-electron chi connectivity index (χ3n) is 1.48. The average molecular weight is 166 g/mol. The van der Waals surface area contributed by atoms with Crippen LogP contribution in [0.25, 0.3) is 0 Å². The smallest absolute Gasteiger partial charge is 0.295 e. The monoisotopic (exact) mass is 166 g/mol. The molecular formula is C6H7BN2O3. The zero-order chi connectivity index (χ0) is 9.30. The highest BCUT2D eigenvalue weighted by Crippen LogP contribution is 2.27. The zero-order valence-corrected chi connectivity index (χ0v) is 6.44. The SMILES string of the molecule is Bc1cc(O)c(N)c([N+](=O)[O-])c1. The van der Waals surface area contributed by atoms with E-state index in [0.717, 1.165) is 0 Å². The molecule has 0 unspecified atom stereocenters. The van der Waals surface area contributed by atoms with Crippen LogP contribution in [0.15, 0.2) is 12.1 Å². The number of aromatic hydroxyl groups is 1. The molecule has 6 heteroatoms. The first kappa shape index (κ1) is 8.38. The Morgan fingerprint density at radius 2 is 2.17 bits per heavy atom. The van der Waals surface area contributed by atoms with Crippen molar-refractivity contribution in [3.63, 3.8) is 0 Å². The molecule has 0 aliphatic rings. The molecule has 0 amide bonds. The lowest BCUT2D eigenvalue weighted by Gasteiger charge is -2.00. The van der Waals surface area contributed by atoms with Crippen LogP contribution in [0.2, 0.25) is 0 Å². The Bertz CT molecular complexity index is 340. The number of hydrogen-bond donors (Lipinski definition) is 2. The molecule has 0 spiro atoms. The normalized spacial score (nSPS) is 9.67. The molecule has 0 heterocycles. The summed E-state index contributed by atoms with van der Waals surface area (Å²) in [6.07, 6.45) is 0. The number of nitro benzene ring substituents is 1. The molecule has 5 nitrogen and oxygen atoms in total. The highest BCUT2D eigenvalue weighted by atomic mass is 16.6. The van der Waals surface area contributed by atoms with Gasteiger partial charge in [0, 0.05) is 6.07 Å². The Kier molecular flexibility index (Phi) is 1.91. The van der Waals surface area contributed by atoms with E-state index in [4.69, 9.17) is 10.8 Å². The standard InChI is InChI=1S/C6H7BN2O3/c7-3-1-4(9(11)12)6(8)5(10)2-3/h1-2,10H,7-8H2. The maximum absolute atomic E-state index is 10.3. The summed E-state index contributed by atoms with van der Waals surface area (Å²) in [6, 6.07) is 2.69. The van der Waals surface area contributed by atoms with Gasteiger partial charge in [-0.15, -0.1) is 0 Å². The first-order valence-electron chi connectivity index (χ1n) is 3.26. The van der Waals surface area contributed by atoms with E-state index in [1.54, 1.807) is 7.85 Å². The molecule has 0 saturated heterocycles. The second kappa shape index (κ2) is 2.73. The Balaban J connectivity index is 3.37. The second-order valence-corrected chi connectivity index (χ2v) is 2.47. The minimum Gasteiger partial charge on any atom is -0.506 e. The molecule has 0 aromatic heterocycles. The van der Waals surface area contributed by atoms with Crippen LogP contribution in [-0.2, 0) is 0 Å². The fourth-order valence-corrected chi connectivity index (χ4v) is 0.911. The van der Waals surface area contributed by atoms with Crippen LogP contribution >= 0.6 is 0 Å². The van der Waals surface area contributed by atoms with Crippen molar-refractivity contribution in [2.45, 2.75) is 0 Å². The lowest BCUT2D eigenvalue weighted by molar-refractivity contribution is -0.383. The number of benzene rings is 1. The molecule has 1 aromatic carbocycles. The predicted octanol–water partition coefficient (Wildman–Crippen LogP) is -0.859. The Labute approximate surface area is 69.4 Å². The maximum Gasteiger partial charge on any atom is 0.295 e. The second-order valence-electron chi connectivity index (χ2n) is 2.47. The van der Waals surface area contributed by atoms with Gasteiger partial charge in [0.15, 0.2) is 5.69 Å². The van der Waals surface area contributed by atoms with E-state index in [0.29, 0.717) is 5.46 Å². The van der Waals surface area contributed by atoms with Crippen LogP contribution in [0.5, 0.6) is 5.75 Å². The van der Waals surface area contributed by atoms with Gasteiger partial charge in [0.05, 0.1) is 4.92 Å². The molecule has 1 rings (SSSR count). The lowest BCUT2D eigenvalue weighted by atomic mass is 9.95. The third-order valence-corrected chi connectivity index (χ3v) is 1.48. The topological polar surface area (TPSA) is 89.4 Å². The lowest BCUT2D eigenvalue weighted by Crippen LogP contribution is -2.06. The molecule has 1 aromatic rings. The van der Waals surface area contributed by atoms with E-state index in [1.165, 1.54) is 12.1 Å². The Morgan fingerprint density at radius 3 is 2.67 bits per heavy atom. The van der Waals surface area contributed by atoms with Crippen molar-refractivity contribution >= 4 is 24.7 Å². The van der Waals surface area contributed by atoms with Gasteiger partial charge in [0.25, 0.3) is 5.69 Å². The van der Waals surface area contributed by atoms with Crippen LogP contribution in [0.4, 0.5) is 11.4 Å². The minimum atomic E-state index is -0.623. The number of nitro groups is 1. The maximum atomic E-state index is 10.3. The fourth-order valence-electron chi connectivity index (χ4n) is 0.911. The van der Waals surface area contributed by atoms with Gasteiger partial charge in [0.2, 0.25) is 0 Å². The van der Waals surface area contributed by atoms with Crippen LogP contribution in [-0.4, -0.2) is 17.9 Å². The number of nitrogen functional groups attached to an aromatic ring is 1. The number of nitrogens with two attached hydrogens (primary N) is 1. The largest absolute Gasteiger partial charge is 0.506 e. The highest BCUT2D eigenvalue weighted by Gasteiger charge is 2.14. The van der Waals surface area contributed by atoms with Crippen molar-refractivity contribution in [2.75, 3.05) is 5.73 Å². The van der Waals surface area contributed by atoms with Gasteiger partial charge in [-0.05, 0) is 6.07 Å². The third kappa shape index (κ3) is 1.32. The minimum absolute atomic E-state index is 0.189. The van der Waals surface area contributed by atoms with Crippen molar-refractivity contribution in [1.29, 1.82) is 0 Å². The summed E-state index contributed by atoms with van der Waals surface area (Å²) in [4.78, 5) is 9.72. The van der Waals surface area contributed by atoms with Gasteiger partial charge in [-0.25, -0.2) is 0 Å². The summed E-state index contributed by atoms with van der Waals surface area (Å²) in [5, 5.41) is 19.4. The number of phenols is 1. The van der Waals surface area contributed by atoms with E-state index < -0.39 is 4.92 Å². The molecule has 0 radical (unpaired) electrons. The van der Waals surface area contributed by atoms with Gasteiger partial charge < -0.3 is 10.8 Å². The summed E-state index contributed by atoms with van der Waals surface area (Å²) >= 11 is 0. The quantitative estimate of drug-likeness (QED) is 0.187. The summed E-state index contributed by atoms with van der Waals surface area (Å²) in [5.74, 6) is -0.248. The number of hydrogen-bond acceptors (Lipinski definition) is 4. The predicted molar refractivity (Wildman–Crippen MR) is 47.4 cm³/mol. The van der Waals surface area contributed by atoms with Crippen molar-refractivity contribution in [3.05, 3.63) is 22.2 Å². The molecule has 62 valence electrons. The highest BCUT2D eigenvalue weighted by molar-refractivity contribution is 6.33. The molecule has 12 heavy (non-hydrogen) atoms. The number of anilines is 1. The molecule has 0 aliphatic heterocycles. The van der Waals surface area contributed by atoms with E-state index in [-0.39, 0.29) is 17.1 Å². The Hall–Kier alpha value is -1.72. The Morgan fingerprint density at radius 1 is 1.58 bits per heavy atom. The number of nitrogens with zero attached hydrogens (tertiary/aromatic N) is 1. The molecule has 0 atom stereocenters. The van der Waals surface area contributed by atoms with Gasteiger partial charge in [-0.2, -0.15) is 0 Å². The van der Waals surface area contributed by atoms with Crippen LogP contribution < -0.4 is 11.2 Å².